The zero-order valence-corrected chi connectivity index (χ0v) is 13.1. The van der Waals surface area contributed by atoms with Crippen LogP contribution in [0.5, 0.6) is 0 Å². The van der Waals surface area contributed by atoms with Gasteiger partial charge in [-0.25, -0.2) is 0 Å². The number of ether oxygens (including phenoxy) is 2. The van der Waals surface area contributed by atoms with Crippen molar-refractivity contribution < 1.29 is 19.1 Å². The fraction of sp³-hybridized carbons (Fsp3) is 0.867. The second-order valence-electron chi connectivity index (χ2n) is 5.97. The third-order valence-electron chi connectivity index (χ3n) is 2.96. The standard InChI is InChI=1S/C15H28O4/c1-7-9-18-13(16)11(3)12(15(4,5)6)14(17)19-10-8-2/h11-12H,7-10H2,1-6H3. The van der Waals surface area contributed by atoms with Gasteiger partial charge in [0.15, 0.2) is 0 Å². The van der Waals surface area contributed by atoms with Crippen LogP contribution < -0.4 is 0 Å². The number of rotatable bonds is 7. The summed E-state index contributed by atoms with van der Waals surface area (Å²) < 4.78 is 10.3. The summed E-state index contributed by atoms with van der Waals surface area (Å²) in [7, 11) is 0. The first-order valence-corrected chi connectivity index (χ1v) is 7.08. The van der Waals surface area contributed by atoms with Crippen molar-refractivity contribution in [1.82, 2.24) is 0 Å². The van der Waals surface area contributed by atoms with Crippen molar-refractivity contribution in [3.63, 3.8) is 0 Å². The monoisotopic (exact) mass is 272 g/mol. The van der Waals surface area contributed by atoms with Crippen molar-refractivity contribution in [2.45, 2.75) is 54.4 Å². The molecule has 0 aromatic carbocycles. The van der Waals surface area contributed by atoms with Gasteiger partial charge in [-0.05, 0) is 18.3 Å². The van der Waals surface area contributed by atoms with Crippen LogP contribution in [0.15, 0.2) is 0 Å². The van der Waals surface area contributed by atoms with E-state index in [1.807, 2.05) is 34.6 Å². The Hall–Kier alpha value is -1.06. The molecule has 0 fully saturated rings. The summed E-state index contributed by atoms with van der Waals surface area (Å²) in [6, 6.07) is 0. The van der Waals surface area contributed by atoms with Gasteiger partial charge in [0, 0.05) is 0 Å². The predicted octanol–water partition coefficient (Wildman–Crippen LogP) is 3.19. The zero-order valence-electron chi connectivity index (χ0n) is 13.1. The predicted molar refractivity (Wildman–Crippen MR) is 74.6 cm³/mol. The van der Waals surface area contributed by atoms with Gasteiger partial charge in [-0.1, -0.05) is 41.5 Å². The highest BCUT2D eigenvalue weighted by Crippen LogP contribution is 2.34. The van der Waals surface area contributed by atoms with E-state index in [-0.39, 0.29) is 17.4 Å². The first-order chi connectivity index (χ1) is 8.75. The Bertz CT molecular complexity index is 291. The quantitative estimate of drug-likeness (QED) is 0.668. The molecule has 112 valence electrons. The first-order valence-electron chi connectivity index (χ1n) is 7.08. The number of carbonyl (C=O) groups excluding carboxylic acids is 2. The minimum atomic E-state index is -0.490. The van der Waals surface area contributed by atoms with Crippen LogP contribution in [0.4, 0.5) is 0 Å². The van der Waals surface area contributed by atoms with Crippen LogP contribution in [-0.4, -0.2) is 25.2 Å². The van der Waals surface area contributed by atoms with Gasteiger partial charge in [0.25, 0.3) is 0 Å². The maximum atomic E-state index is 12.1. The molecular formula is C15H28O4. The molecule has 0 spiro atoms. The molecule has 2 atom stereocenters. The average molecular weight is 272 g/mol. The van der Waals surface area contributed by atoms with Crippen molar-refractivity contribution >= 4 is 11.9 Å². The molecule has 0 radical (unpaired) electrons. The Kier molecular flexibility index (Phi) is 7.72. The molecule has 0 N–H and O–H groups in total. The zero-order chi connectivity index (χ0) is 15.1. The van der Waals surface area contributed by atoms with E-state index in [0.29, 0.717) is 13.2 Å². The van der Waals surface area contributed by atoms with Gasteiger partial charge in [-0.3, -0.25) is 9.59 Å². The van der Waals surface area contributed by atoms with E-state index < -0.39 is 11.8 Å². The van der Waals surface area contributed by atoms with E-state index in [1.54, 1.807) is 6.92 Å². The van der Waals surface area contributed by atoms with E-state index in [4.69, 9.17) is 9.47 Å². The molecule has 0 aliphatic rings. The summed E-state index contributed by atoms with van der Waals surface area (Å²) in [5, 5.41) is 0. The van der Waals surface area contributed by atoms with Crippen molar-refractivity contribution in [3.8, 4) is 0 Å². The Labute approximate surface area is 116 Å². The van der Waals surface area contributed by atoms with Gasteiger partial charge in [0.1, 0.15) is 0 Å². The summed E-state index contributed by atoms with van der Waals surface area (Å²) in [5.74, 6) is -1.61. The van der Waals surface area contributed by atoms with Gasteiger partial charge in [-0.2, -0.15) is 0 Å². The highest BCUT2D eigenvalue weighted by Gasteiger charge is 2.41. The van der Waals surface area contributed by atoms with Crippen LogP contribution in [0, 0.1) is 17.3 Å². The average Bonchev–Trinajstić information content (AvgIpc) is 2.31. The molecule has 0 heterocycles. The van der Waals surface area contributed by atoms with E-state index in [2.05, 4.69) is 0 Å². The van der Waals surface area contributed by atoms with E-state index in [9.17, 15) is 9.59 Å². The molecule has 0 rings (SSSR count). The lowest BCUT2D eigenvalue weighted by Gasteiger charge is -2.32. The van der Waals surface area contributed by atoms with Crippen molar-refractivity contribution in [2.24, 2.45) is 17.3 Å². The lowest BCUT2D eigenvalue weighted by atomic mass is 9.73. The smallest absolute Gasteiger partial charge is 0.310 e. The molecule has 4 nitrogen and oxygen atoms in total. The van der Waals surface area contributed by atoms with Gasteiger partial charge in [0.05, 0.1) is 25.0 Å². The molecular weight excluding hydrogens is 244 g/mol. The minimum Gasteiger partial charge on any atom is -0.465 e. The third kappa shape index (κ3) is 6.08. The fourth-order valence-corrected chi connectivity index (χ4v) is 2.07. The number of hydrogen-bond donors (Lipinski definition) is 0. The van der Waals surface area contributed by atoms with Crippen molar-refractivity contribution in [3.05, 3.63) is 0 Å². The van der Waals surface area contributed by atoms with Gasteiger partial charge < -0.3 is 9.47 Å². The van der Waals surface area contributed by atoms with Crippen LogP contribution in [0.25, 0.3) is 0 Å². The molecule has 0 aromatic heterocycles. The highest BCUT2D eigenvalue weighted by atomic mass is 16.5. The van der Waals surface area contributed by atoms with Crippen LogP contribution in [0.3, 0.4) is 0 Å². The number of esters is 2. The Morgan fingerprint density at radius 3 is 1.74 bits per heavy atom. The van der Waals surface area contributed by atoms with Crippen molar-refractivity contribution in [2.75, 3.05) is 13.2 Å². The van der Waals surface area contributed by atoms with Gasteiger partial charge in [0.2, 0.25) is 0 Å². The SMILES string of the molecule is CCCOC(=O)C(C)C(C(=O)OCCC)C(C)(C)C. The van der Waals surface area contributed by atoms with Crippen molar-refractivity contribution in [1.29, 1.82) is 0 Å². The summed E-state index contributed by atoms with van der Waals surface area (Å²) in [6.45, 7) is 12.2. The van der Waals surface area contributed by atoms with Gasteiger partial charge in [-0.15, -0.1) is 0 Å². The largest absolute Gasteiger partial charge is 0.465 e. The lowest BCUT2D eigenvalue weighted by molar-refractivity contribution is -0.164. The normalized spacial score (nSPS) is 14.6. The van der Waals surface area contributed by atoms with Gasteiger partial charge >= 0.3 is 11.9 Å². The molecule has 0 saturated heterocycles. The molecule has 0 saturated carbocycles. The summed E-state index contributed by atoms with van der Waals surface area (Å²) in [6.07, 6.45) is 1.55. The highest BCUT2D eigenvalue weighted by molar-refractivity contribution is 5.82. The molecule has 0 bridgehead atoms. The lowest BCUT2D eigenvalue weighted by Crippen LogP contribution is -2.39. The van der Waals surface area contributed by atoms with E-state index in [1.165, 1.54) is 0 Å². The van der Waals surface area contributed by atoms with Crippen LogP contribution in [-0.2, 0) is 19.1 Å². The number of carbonyl (C=O) groups is 2. The summed E-state index contributed by atoms with van der Waals surface area (Å²) >= 11 is 0. The fourth-order valence-electron chi connectivity index (χ4n) is 2.07. The molecule has 0 aliphatic carbocycles. The first kappa shape index (κ1) is 17.9. The Morgan fingerprint density at radius 1 is 0.947 bits per heavy atom. The Morgan fingerprint density at radius 2 is 1.37 bits per heavy atom. The topological polar surface area (TPSA) is 52.6 Å². The molecule has 4 heteroatoms. The molecule has 2 unspecified atom stereocenters. The van der Waals surface area contributed by atoms with Crippen LogP contribution in [0.2, 0.25) is 0 Å². The van der Waals surface area contributed by atoms with E-state index in [0.717, 1.165) is 12.8 Å². The summed E-state index contributed by atoms with van der Waals surface area (Å²) in [4.78, 5) is 24.1. The molecule has 0 amide bonds. The minimum absolute atomic E-state index is 0.310. The number of hydrogen-bond acceptors (Lipinski definition) is 4. The molecule has 0 aliphatic heterocycles. The maximum absolute atomic E-state index is 12.1. The van der Waals surface area contributed by atoms with Crippen LogP contribution in [0.1, 0.15) is 54.4 Å². The van der Waals surface area contributed by atoms with Crippen LogP contribution >= 0.6 is 0 Å². The second-order valence-corrected chi connectivity index (χ2v) is 5.97. The molecule has 19 heavy (non-hydrogen) atoms. The maximum Gasteiger partial charge on any atom is 0.310 e. The third-order valence-corrected chi connectivity index (χ3v) is 2.96. The Balaban J connectivity index is 4.84. The second kappa shape index (κ2) is 8.18. The molecule has 0 aromatic rings. The summed E-state index contributed by atoms with van der Waals surface area (Å²) in [5.41, 5.74) is -0.338. The van der Waals surface area contributed by atoms with E-state index >= 15 is 0 Å².